The molecule has 1 heterocycles. The van der Waals surface area contributed by atoms with E-state index in [-0.39, 0.29) is 18.6 Å². The van der Waals surface area contributed by atoms with Crippen molar-refractivity contribution in [2.75, 3.05) is 0 Å². The first-order valence-electron chi connectivity index (χ1n) is 8.59. The quantitative estimate of drug-likeness (QED) is 0.771. The number of hydrogen-bond acceptors (Lipinski definition) is 6. The molecule has 0 radical (unpaired) electrons. The molecule has 1 atom stereocenters. The third-order valence-corrected chi connectivity index (χ3v) is 4.23. The number of hydrogen-bond donors (Lipinski definition) is 1. The molecule has 1 fully saturated rings. The molecular weight excluding hydrogens is 338 g/mol. The van der Waals surface area contributed by atoms with Crippen LogP contribution in [0.25, 0.3) is 0 Å². The van der Waals surface area contributed by atoms with Gasteiger partial charge in [-0.1, -0.05) is 12.1 Å². The molecule has 1 saturated carbocycles. The zero-order valence-electron chi connectivity index (χ0n) is 14.7. The van der Waals surface area contributed by atoms with Gasteiger partial charge in [-0.2, -0.15) is 4.98 Å². The Labute approximate surface area is 150 Å². The Morgan fingerprint density at radius 3 is 2.58 bits per heavy atom. The van der Waals surface area contributed by atoms with Crippen LogP contribution in [0, 0.1) is 0 Å². The zero-order valence-corrected chi connectivity index (χ0v) is 14.7. The summed E-state index contributed by atoms with van der Waals surface area (Å²) in [4.78, 5) is 29.6. The number of aromatic nitrogens is 2. The molecule has 8 heteroatoms. The van der Waals surface area contributed by atoms with Gasteiger partial charge in [-0.15, -0.1) is 0 Å². The minimum Gasteiger partial charge on any atom is -0.485 e. The number of rotatable bonds is 8. The molecule has 0 spiro atoms. The van der Waals surface area contributed by atoms with Crippen LogP contribution in [0.2, 0.25) is 0 Å². The molecule has 1 aliphatic rings. The van der Waals surface area contributed by atoms with Crippen LogP contribution in [0.1, 0.15) is 48.8 Å². The van der Waals surface area contributed by atoms with Gasteiger partial charge in [0.25, 0.3) is 5.91 Å². The van der Waals surface area contributed by atoms with Gasteiger partial charge >= 0.3 is 5.97 Å². The SMILES string of the molecule is CCc1nc(COc2ccc(C(=O)N(C3CC3)C(C)C(=O)O)cc2)no1. The van der Waals surface area contributed by atoms with Crippen molar-refractivity contribution in [1.29, 1.82) is 0 Å². The van der Waals surface area contributed by atoms with E-state index in [1.54, 1.807) is 24.3 Å². The predicted molar refractivity (Wildman–Crippen MR) is 90.7 cm³/mol. The summed E-state index contributed by atoms with van der Waals surface area (Å²) in [5.74, 6) is 0.291. The van der Waals surface area contributed by atoms with Crippen molar-refractivity contribution < 1.29 is 24.0 Å². The highest BCUT2D eigenvalue weighted by Crippen LogP contribution is 2.30. The second-order valence-corrected chi connectivity index (χ2v) is 6.23. The van der Waals surface area contributed by atoms with Crippen molar-refractivity contribution in [2.24, 2.45) is 0 Å². The first-order chi connectivity index (χ1) is 12.5. The Balaban J connectivity index is 1.64. The number of aliphatic carboxylic acids is 1. The average molecular weight is 359 g/mol. The molecule has 1 aromatic heterocycles. The standard InChI is InChI=1S/C18H21N3O5/c1-3-16-19-15(20-26-16)10-25-14-8-4-12(5-9-14)17(22)21(13-6-7-13)11(2)18(23)24/h4-5,8-9,11,13H,3,6-7,10H2,1-2H3,(H,23,24). The van der Waals surface area contributed by atoms with Gasteiger partial charge in [0.1, 0.15) is 11.8 Å². The lowest BCUT2D eigenvalue weighted by Gasteiger charge is -2.26. The Morgan fingerprint density at radius 2 is 2.04 bits per heavy atom. The fourth-order valence-electron chi connectivity index (χ4n) is 2.61. The van der Waals surface area contributed by atoms with Crippen molar-refractivity contribution >= 4 is 11.9 Å². The smallest absolute Gasteiger partial charge is 0.326 e. The van der Waals surface area contributed by atoms with Crippen LogP contribution >= 0.6 is 0 Å². The number of carbonyl (C=O) groups excluding carboxylic acids is 1. The van der Waals surface area contributed by atoms with Gasteiger partial charge < -0.3 is 19.3 Å². The monoisotopic (exact) mass is 359 g/mol. The summed E-state index contributed by atoms with van der Waals surface area (Å²) in [6.07, 6.45) is 2.35. The van der Waals surface area contributed by atoms with Crippen LogP contribution in [0.5, 0.6) is 5.75 Å². The van der Waals surface area contributed by atoms with E-state index < -0.39 is 12.0 Å². The van der Waals surface area contributed by atoms with Gasteiger partial charge in [0.2, 0.25) is 11.7 Å². The average Bonchev–Trinajstić information content (AvgIpc) is 3.37. The first kappa shape index (κ1) is 17.9. The number of ether oxygens (including phenoxy) is 1. The number of carboxylic acid groups (broad SMARTS) is 1. The zero-order chi connectivity index (χ0) is 18.7. The molecule has 1 aromatic carbocycles. The van der Waals surface area contributed by atoms with E-state index in [1.165, 1.54) is 11.8 Å². The molecule has 138 valence electrons. The number of amides is 1. The Kier molecular flexibility index (Phi) is 5.20. The Bertz CT molecular complexity index is 782. The van der Waals surface area contributed by atoms with E-state index in [2.05, 4.69) is 10.1 Å². The normalized spacial score (nSPS) is 14.7. The van der Waals surface area contributed by atoms with Gasteiger partial charge in [-0.3, -0.25) is 4.79 Å². The van der Waals surface area contributed by atoms with E-state index in [0.717, 1.165) is 12.8 Å². The van der Waals surface area contributed by atoms with Crippen molar-refractivity contribution in [2.45, 2.75) is 51.8 Å². The highest BCUT2D eigenvalue weighted by molar-refractivity contribution is 5.97. The number of benzene rings is 1. The van der Waals surface area contributed by atoms with Crippen LogP contribution in [-0.2, 0) is 17.8 Å². The first-order valence-corrected chi connectivity index (χ1v) is 8.59. The summed E-state index contributed by atoms with van der Waals surface area (Å²) in [5, 5.41) is 13.0. The van der Waals surface area contributed by atoms with E-state index in [0.29, 0.717) is 29.4 Å². The summed E-state index contributed by atoms with van der Waals surface area (Å²) < 4.78 is 10.6. The molecule has 3 rings (SSSR count). The number of nitrogens with zero attached hydrogens (tertiary/aromatic N) is 3. The van der Waals surface area contributed by atoms with Crippen molar-refractivity contribution in [1.82, 2.24) is 15.0 Å². The minimum absolute atomic E-state index is 0.00975. The molecule has 1 unspecified atom stereocenters. The van der Waals surface area contributed by atoms with E-state index in [4.69, 9.17) is 9.26 Å². The highest BCUT2D eigenvalue weighted by Gasteiger charge is 2.38. The molecule has 0 bridgehead atoms. The lowest BCUT2D eigenvalue weighted by atomic mass is 10.1. The van der Waals surface area contributed by atoms with Crippen molar-refractivity contribution in [3.8, 4) is 5.75 Å². The summed E-state index contributed by atoms with van der Waals surface area (Å²) in [6, 6.07) is 5.77. The van der Waals surface area contributed by atoms with E-state index in [1.807, 2.05) is 6.92 Å². The molecule has 2 aromatic rings. The summed E-state index contributed by atoms with van der Waals surface area (Å²) in [5.41, 5.74) is 0.435. The molecule has 26 heavy (non-hydrogen) atoms. The van der Waals surface area contributed by atoms with Crippen LogP contribution < -0.4 is 4.74 Å². The third-order valence-electron chi connectivity index (χ3n) is 4.23. The second kappa shape index (κ2) is 7.55. The second-order valence-electron chi connectivity index (χ2n) is 6.23. The Hall–Kier alpha value is -2.90. The number of carboxylic acids is 1. The lowest BCUT2D eigenvalue weighted by molar-refractivity contribution is -0.141. The number of carbonyl (C=O) groups is 2. The van der Waals surface area contributed by atoms with Gasteiger partial charge in [-0.05, 0) is 44.0 Å². The maximum Gasteiger partial charge on any atom is 0.326 e. The predicted octanol–water partition coefficient (Wildman–Crippen LogP) is 2.29. The van der Waals surface area contributed by atoms with Gasteiger partial charge in [0.05, 0.1) is 0 Å². The lowest BCUT2D eigenvalue weighted by Crippen LogP contribution is -2.44. The molecule has 8 nitrogen and oxygen atoms in total. The topological polar surface area (TPSA) is 106 Å². The van der Waals surface area contributed by atoms with E-state index >= 15 is 0 Å². The van der Waals surface area contributed by atoms with E-state index in [9.17, 15) is 14.7 Å². The van der Waals surface area contributed by atoms with Crippen LogP contribution in [0.4, 0.5) is 0 Å². The molecule has 1 aliphatic carbocycles. The largest absolute Gasteiger partial charge is 0.485 e. The summed E-state index contributed by atoms with van der Waals surface area (Å²) >= 11 is 0. The maximum atomic E-state index is 12.7. The highest BCUT2D eigenvalue weighted by atomic mass is 16.5. The summed E-state index contributed by atoms with van der Waals surface area (Å²) in [7, 11) is 0. The molecular formula is C18H21N3O5. The molecule has 0 aliphatic heterocycles. The molecule has 0 saturated heterocycles. The fourth-order valence-corrected chi connectivity index (χ4v) is 2.61. The van der Waals surface area contributed by atoms with Crippen LogP contribution in [-0.4, -0.2) is 44.1 Å². The molecule has 1 N–H and O–H groups in total. The fraction of sp³-hybridized carbons (Fsp3) is 0.444. The minimum atomic E-state index is -1.00. The van der Waals surface area contributed by atoms with Crippen molar-refractivity contribution in [3.63, 3.8) is 0 Å². The number of aryl methyl sites for hydroxylation is 1. The van der Waals surface area contributed by atoms with Crippen LogP contribution in [0.15, 0.2) is 28.8 Å². The summed E-state index contributed by atoms with van der Waals surface area (Å²) in [6.45, 7) is 3.62. The molecule has 1 amide bonds. The van der Waals surface area contributed by atoms with Crippen molar-refractivity contribution in [3.05, 3.63) is 41.5 Å². The van der Waals surface area contributed by atoms with Crippen LogP contribution in [0.3, 0.4) is 0 Å². The van der Waals surface area contributed by atoms with Gasteiger partial charge in [-0.25, -0.2) is 4.79 Å². The Morgan fingerprint density at radius 1 is 1.35 bits per heavy atom. The third kappa shape index (κ3) is 4.01. The maximum absolute atomic E-state index is 12.7. The van der Waals surface area contributed by atoms with Gasteiger partial charge in [0.15, 0.2) is 6.61 Å². The van der Waals surface area contributed by atoms with Gasteiger partial charge in [0, 0.05) is 18.0 Å².